The lowest BCUT2D eigenvalue weighted by atomic mass is 10.00. The van der Waals surface area contributed by atoms with Crippen LogP contribution in [0.25, 0.3) is 0 Å². The molecule has 0 spiro atoms. The minimum atomic E-state index is 0.107. The predicted molar refractivity (Wildman–Crippen MR) is 74.9 cm³/mol. The van der Waals surface area contributed by atoms with Gasteiger partial charge in [0, 0.05) is 33.4 Å². The maximum Gasteiger partial charge on any atom is 0.234 e. The van der Waals surface area contributed by atoms with Crippen molar-refractivity contribution in [1.29, 1.82) is 0 Å². The van der Waals surface area contributed by atoms with E-state index >= 15 is 0 Å². The standard InChI is InChI=1S/C15H22N2O2/c1-19-10-4-8-16-15(18)12-17-9-7-13-5-2-3-6-14(13)11-17/h2-3,5-6H,4,7-12H2,1H3,(H,16,18). The number of rotatable bonds is 6. The minimum Gasteiger partial charge on any atom is -0.385 e. The fourth-order valence-corrected chi connectivity index (χ4v) is 2.39. The number of amides is 1. The van der Waals surface area contributed by atoms with Gasteiger partial charge in [0.15, 0.2) is 0 Å². The fourth-order valence-electron chi connectivity index (χ4n) is 2.39. The number of ether oxygens (including phenoxy) is 1. The zero-order valence-corrected chi connectivity index (χ0v) is 11.5. The van der Waals surface area contributed by atoms with E-state index in [0.717, 1.165) is 25.9 Å². The van der Waals surface area contributed by atoms with Crippen LogP contribution in [0.3, 0.4) is 0 Å². The second-order valence-electron chi connectivity index (χ2n) is 4.93. The number of methoxy groups -OCH3 is 1. The van der Waals surface area contributed by atoms with Crippen molar-refractivity contribution in [2.75, 3.05) is 33.4 Å². The molecule has 0 aliphatic carbocycles. The summed E-state index contributed by atoms with van der Waals surface area (Å²) in [5.41, 5.74) is 2.76. The Morgan fingerprint density at radius 2 is 2.16 bits per heavy atom. The average Bonchev–Trinajstić information content (AvgIpc) is 2.43. The minimum absolute atomic E-state index is 0.107. The Balaban J connectivity index is 1.74. The van der Waals surface area contributed by atoms with Crippen molar-refractivity contribution in [3.05, 3.63) is 35.4 Å². The van der Waals surface area contributed by atoms with Gasteiger partial charge in [0.25, 0.3) is 0 Å². The Hall–Kier alpha value is -1.39. The van der Waals surface area contributed by atoms with E-state index in [9.17, 15) is 4.79 Å². The highest BCUT2D eigenvalue weighted by Crippen LogP contribution is 2.17. The molecule has 0 atom stereocenters. The number of nitrogens with zero attached hydrogens (tertiary/aromatic N) is 1. The third-order valence-corrected chi connectivity index (χ3v) is 3.42. The Labute approximate surface area is 114 Å². The number of hydrogen-bond donors (Lipinski definition) is 1. The van der Waals surface area contributed by atoms with Crippen molar-refractivity contribution in [3.8, 4) is 0 Å². The van der Waals surface area contributed by atoms with Crippen LogP contribution < -0.4 is 5.32 Å². The maximum absolute atomic E-state index is 11.8. The van der Waals surface area contributed by atoms with Crippen LogP contribution in [0.15, 0.2) is 24.3 Å². The normalized spacial score (nSPS) is 15.0. The number of fused-ring (bicyclic) bond motifs is 1. The SMILES string of the molecule is COCCCNC(=O)CN1CCc2ccccc2C1. The van der Waals surface area contributed by atoms with Crippen LogP contribution in [0.1, 0.15) is 17.5 Å². The third-order valence-electron chi connectivity index (χ3n) is 3.42. The first kappa shape index (κ1) is 14.0. The van der Waals surface area contributed by atoms with Gasteiger partial charge in [-0.2, -0.15) is 0 Å². The van der Waals surface area contributed by atoms with Gasteiger partial charge in [0.2, 0.25) is 5.91 Å². The molecule has 1 aliphatic heterocycles. The summed E-state index contributed by atoms with van der Waals surface area (Å²) in [5.74, 6) is 0.107. The van der Waals surface area contributed by atoms with E-state index < -0.39 is 0 Å². The molecule has 4 heteroatoms. The molecule has 1 aromatic carbocycles. The van der Waals surface area contributed by atoms with Gasteiger partial charge in [0.1, 0.15) is 0 Å². The van der Waals surface area contributed by atoms with Crippen LogP contribution in [-0.2, 0) is 22.5 Å². The largest absolute Gasteiger partial charge is 0.385 e. The fraction of sp³-hybridized carbons (Fsp3) is 0.533. The molecule has 0 bridgehead atoms. The van der Waals surface area contributed by atoms with Gasteiger partial charge in [-0.15, -0.1) is 0 Å². The van der Waals surface area contributed by atoms with Crippen molar-refractivity contribution in [2.45, 2.75) is 19.4 Å². The van der Waals surface area contributed by atoms with Crippen LogP contribution >= 0.6 is 0 Å². The molecule has 0 radical (unpaired) electrons. The summed E-state index contributed by atoms with van der Waals surface area (Å²) in [6, 6.07) is 8.47. The van der Waals surface area contributed by atoms with Gasteiger partial charge in [-0.05, 0) is 24.0 Å². The van der Waals surface area contributed by atoms with Crippen LogP contribution in [0.5, 0.6) is 0 Å². The van der Waals surface area contributed by atoms with Crippen molar-refractivity contribution >= 4 is 5.91 Å². The van der Waals surface area contributed by atoms with E-state index in [0.29, 0.717) is 19.7 Å². The monoisotopic (exact) mass is 262 g/mol. The summed E-state index contributed by atoms with van der Waals surface area (Å²) in [6.07, 6.45) is 1.90. The summed E-state index contributed by atoms with van der Waals surface area (Å²) >= 11 is 0. The quantitative estimate of drug-likeness (QED) is 0.783. The molecule has 19 heavy (non-hydrogen) atoms. The Morgan fingerprint density at radius 3 is 2.95 bits per heavy atom. The van der Waals surface area contributed by atoms with Crippen LogP contribution in [-0.4, -0.2) is 44.2 Å². The first-order chi connectivity index (χ1) is 9.29. The first-order valence-electron chi connectivity index (χ1n) is 6.84. The molecule has 0 saturated heterocycles. The van der Waals surface area contributed by atoms with Crippen molar-refractivity contribution < 1.29 is 9.53 Å². The molecule has 0 aromatic heterocycles. The number of nitrogens with one attached hydrogen (secondary N) is 1. The van der Waals surface area contributed by atoms with Gasteiger partial charge in [-0.3, -0.25) is 9.69 Å². The molecular formula is C15H22N2O2. The summed E-state index contributed by atoms with van der Waals surface area (Å²) in [4.78, 5) is 14.0. The average molecular weight is 262 g/mol. The molecule has 4 nitrogen and oxygen atoms in total. The van der Waals surface area contributed by atoms with E-state index in [1.165, 1.54) is 11.1 Å². The van der Waals surface area contributed by atoms with Crippen molar-refractivity contribution in [3.63, 3.8) is 0 Å². The number of benzene rings is 1. The van der Waals surface area contributed by atoms with Gasteiger partial charge in [-0.25, -0.2) is 0 Å². The number of hydrogen-bond acceptors (Lipinski definition) is 3. The molecule has 0 saturated carbocycles. The van der Waals surface area contributed by atoms with Gasteiger partial charge in [-0.1, -0.05) is 24.3 Å². The highest BCUT2D eigenvalue weighted by atomic mass is 16.5. The summed E-state index contributed by atoms with van der Waals surface area (Å²) < 4.78 is 4.95. The lowest BCUT2D eigenvalue weighted by Crippen LogP contribution is -2.40. The topological polar surface area (TPSA) is 41.6 Å². The van der Waals surface area contributed by atoms with E-state index in [2.05, 4.69) is 34.5 Å². The molecule has 0 fully saturated rings. The van der Waals surface area contributed by atoms with E-state index in [1.54, 1.807) is 7.11 Å². The molecule has 1 heterocycles. The Bertz CT molecular complexity index is 420. The maximum atomic E-state index is 11.8. The second-order valence-corrected chi connectivity index (χ2v) is 4.93. The smallest absolute Gasteiger partial charge is 0.234 e. The molecule has 104 valence electrons. The van der Waals surface area contributed by atoms with Crippen LogP contribution in [0.2, 0.25) is 0 Å². The zero-order valence-electron chi connectivity index (χ0n) is 11.5. The van der Waals surface area contributed by atoms with E-state index in [-0.39, 0.29) is 5.91 Å². The van der Waals surface area contributed by atoms with E-state index in [4.69, 9.17) is 4.74 Å². The summed E-state index contributed by atoms with van der Waals surface area (Å²) in [5, 5.41) is 2.93. The molecular weight excluding hydrogens is 240 g/mol. The van der Waals surface area contributed by atoms with Crippen molar-refractivity contribution in [1.82, 2.24) is 10.2 Å². The Kier molecular flexibility index (Phi) is 5.36. The number of carbonyl (C=O) groups is 1. The second kappa shape index (κ2) is 7.26. The van der Waals surface area contributed by atoms with Crippen LogP contribution in [0.4, 0.5) is 0 Å². The molecule has 0 unspecified atom stereocenters. The lowest BCUT2D eigenvalue weighted by Gasteiger charge is -2.28. The third kappa shape index (κ3) is 4.33. The summed E-state index contributed by atoms with van der Waals surface area (Å²) in [6.45, 7) is 3.71. The first-order valence-corrected chi connectivity index (χ1v) is 6.84. The summed E-state index contributed by atoms with van der Waals surface area (Å²) in [7, 11) is 1.67. The number of carbonyl (C=O) groups excluding carboxylic acids is 1. The van der Waals surface area contributed by atoms with Gasteiger partial charge < -0.3 is 10.1 Å². The van der Waals surface area contributed by atoms with Crippen molar-refractivity contribution in [2.24, 2.45) is 0 Å². The predicted octanol–water partition coefficient (Wildman–Crippen LogP) is 1.20. The lowest BCUT2D eigenvalue weighted by molar-refractivity contribution is -0.122. The molecule has 1 N–H and O–H groups in total. The molecule has 2 rings (SSSR count). The molecule has 1 aliphatic rings. The highest BCUT2D eigenvalue weighted by Gasteiger charge is 2.17. The zero-order chi connectivity index (χ0) is 13.5. The molecule has 1 amide bonds. The Morgan fingerprint density at radius 1 is 1.37 bits per heavy atom. The van der Waals surface area contributed by atoms with Gasteiger partial charge >= 0.3 is 0 Å². The van der Waals surface area contributed by atoms with Crippen LogP contribution in [0, 0.1) is 0 Å². The van der Waals surface area contributed by atoms with E-state index in [1.807, 2.05) is 0 Å². The molecule has 1 aromatic rings. The highest BCUT2D eigenvalue weighted by molar-refractivity contribution is 5.78. The van der Waals surface area contributed by atoms with Gasteiger partial charge in [0.05, 0.1) is 6.54 Å².